The zero-order chi connectivity index (χ0) is 30.0. The van der Waals surface area contributed by atoms with Gasteiger partial charge < -0.3 is 4.90 Å². The summed E-state index contributed by atoms with van der Waals surface area (Å²) in [5.41, 5.74) is 10.6. The standard InChI is InChI=1S/C44H31N/c1-4-14-32(15-5-1)33-24-26-37(27-25-33)45(36-19-8-3-9-20-36)38-28-29-42(43(31-38)34-16-6-2-7-17-34)44-30-35-18-10-11-21-39(35)40-22-12-13-23-41(40)44/h1-31H. The average Bonchev–Trinajstić information content (AvgIpc) is 3.13. The number of rotatable bonds is 6. The molecule has 212 valence electrons. The lowest BCUT2D eigenvalue weighted by Gasteiger charge is -2.27. The first-order valence-electron chi connectivity index (χ1n) is 15.4. The molecule has 0 aliphatic heterocycles. The number of hydrogen-bond acceptors (Lipinski definition) is 1. The van der Waals surface area contributed by atoms with E-state index in [-0.39, 0.29) is 0 Å². The van der Waals surface area contributed by atoms with E-state index in [1.54, 1.807) is 0 Å². The third-order valence-electron chi connectivity index (χ3n) is 8.65. The van der Waals surface area contributed by atoms with Crippen molar-refractivity contribution < 1.29 is 0 Å². The fourth-order valence-electron chi connectivity index (χ4n) is 6.50. The van der Waals surface area contributed by atoms with E-state index in [1.807, 2.05) is 0 Å². The average molecular weight is 574 g/mol. The first kappa shape index (κ1) is 26.7. The number of hydrogen-bond donors (Lipinski definition) is 0. The summed E-state index contributed by atoms with van der Waals surface area (Å²) in [5.74, 6) is 0. The molecule has 0 fully saturated rings. The Hall–Kier alpha value is -5.92. The zero-order valence-corrected chi connectivity index (χ0v) is 24.8. The Bertz CT molecular complexity index is 2240. The summed E-state index contributed by atoms with van der Waals surface area (Å²) in [7, 11) is 0. The maximum Gasteiger partial charge on any atom is 0.0468 e. The Labute approximate surface area is 264 Å². The molecular formula is C44H31N. The summed E-state index contributed by atoms with van der Waals surface area (Å²) >= 11 is 0. The van der Waals surface area contributed by atoms with Crippen LogP contribution in [0.15, 0.2) is 188 Å². The molecule has 1 heteroatoms. The lowest BCUT2D eigenvalue weighted by molar-refractivity contribution is 1.28. The third-order valence-corrected chi connectivity index (χ3v) is 8.65. The van der Waals surface area contributed by atoms with Gasteiger partial charge in [-0.1, -0.05) is 146 Å². The van der Waals surface area contributed by atoms with Gasteiger partial charge in [-0.15, -0.1) is 0 Å². The van der Waals surface area contributed by atoms with E-state index in [0.717, 1.165) is 17.1 Å². The SMILES string of the molecule is c1ccc(-c2ccc(N(c3ccccc3)c3ccc(-c4cc5ccccc5c5ccccc45)c(-c4ccccc4)c3)cc2)cc1. The fraction of sp³-hybridized carbons (Fsp3) is 0. The first-order valence-corrected chi connectivity index (χ1v) is 15.4. The van der Waals surface area contributed by atoms with E-state index in [1.165, 1.54) is 54.9 Å². The second kappa shape index (κ2) is 11.6. The molecule has 0 heterocycles. The summed E-state index contributed by atoms with van der Waals surface area (Å²) in [4.78, 5) is 2.35. The number of fused-ring (bicyclic) bond motifs is 3. The van der Waals surface area contributed by atoms with Crippen LogP contribution in [0.5, 0.6) is 0 Å². The quantitative estimate of drug-likeness (QED) is 0.179. The van der Waals surface area contributed by atoms with Crippen molar-refractivity contribution in [3.8, 4) is 33.4 Å². The Balaban J connectivity index is 1.33. The van der Waals surface area contributed by atoms with E-state index in [4.69, 9.17) is 0 Å². The van der Waals surface area contributed by atoms with E-state index >= 15 is 0 Å². The van der Waals surface area contributed by atoms with Gasteiger partial charge in [0.15, 0.2) is 0 Å². The molecule has 45 heavy (non-hydrogen) atoms. The van der Waals surface area contributed by atoms with Crippen molar-refractivity contribution in [2.75, 3.05) is 4.90 Å². The topological polar surface area (TPSA) is 3.24 Å². The minimum absolute atomic E-state index is 1.11. The van der Waals surface area contributed by atoms with Crippen LogP contribution in [-0.2, 0) is 0 Å². The van der Waals surface area contributed by atoms with Crippen LogP contribution in [0, 0.1) is 0 Å². The Morgan fingerprint density at radius 3 is 1.49 bits per heavy atom. The van der Waals surface area contributed by atoms with Crippen LogP contribution in [0.25, 0.3) is 54.9 Å². The van der Waals surface area contributed by atoms with E-state index < -0.39 is 0 Å². The molecule has 0 spiro atoms. The molecule has 0 amide bonds. The fourth-order valence-corrected chi connectivity index (χ4v) is 6.50. The van der Waals surface area contributed by atoms with Crippen LogP contribution in [0.1, 0.15) is 0 Å². The van der Waals surface area contributed by atoms with Crippen molar-refractivity contribution in [3.05, 3.63) is 188 Å². The third kappa shape index (κ3) is 5.05. The van der Waals surface area contributed by atoms with E-state index in [0.29, 0.717) is 0 Å². The molecule has 0 aromatic heterocycles. The molecule has 0 N–H and O–H groups in total. The lowest BCUT2D eigenvalue weighted by Crippen LogP contribution is -2.10. The summed E-state index contributed by atoms with van der Waals surface area (Å²) in [5, 5.41) is 5.07. The molecule has 0 aliphatic rings. The largest absolute Gasteiger partial charge is 0.310 e. The van der Waals surface area contributed by atoms with Crippen LogP contribution < -0.4 is 4.90 Å². The summed E-state index contributed by atoms with van der Waals surface area (Å²) in [6.45, 7) is 0. The van der Waals surface area contributed by atoms with Crippen molar-refractivity contribution in [1.29, 1.82) is 0 Å². The smallest absolute Gasteiger partial charge is 0.0468 e. The highest BCUT2D eigenvalue weighted by molar-refractivity contribution is 6.15. The highest BCUT2D eigenvalue weighted by Gasteiger charge is 2.18. The van der Waals surface area contributed by atoms with Gasteiger partial charge in [-0.05, 0) is 97.4 Å². The molecule has 1 nitrogen and oxygen atoms in total. The molecule has 0 aliphatic carbocycles. The Morgan fingerprint density at radius 1 is 0.267 bits per heavy atom. The van der Waals surface area contributed by atoms with Gasteiger partial charge >= 0.3 is 0 Å². The van der Waals surface area contributed by atoms with Crippen molar-refractivity contribution in [1.82, 2.24) is 0 Å². The molecule has 8 aromatic carbocycles. The van der Waals surface area contributed by atoms with Crippen LogP contribution >= 0.6 is 0 Å². The van der Waals surface area contributed by atoms with Gasteiger partial charge in [0, 0.05) is 17.1 Å². The van der Waals surface area contributed by atoms with Crippen molar-refractivity contribution in [2.24, 2.45) is 0 Å². The van der Waals surface area contributed by atoms with Crippen molar-refractivity contribution in [3.63, 3.8) is 0 Å². The molecule has 0 saturated heterocycles. The van der Waals surface area contributed by atoms with Gasteiger partial charge in [0.1, 0.15) is 0 Å². The normalized spacial score (nSPS) is 11.1. The summed E-state index contributed by atoms with van der Waals surface area (Å²) < 4.78 is 0. The molecule has 0 radical (unpaired) electrons. The molecule has 0 atom stereocenters. The van der Waals surface area contributed by atoms with E-state index in [2.05, 4.69) is 193 Å². The first-order chi connectivity index (χ1) is 22.3. The Morgan fingerprint density at radius 2 is 0.778 bits per heavy atom. The number of benzene rings is 8. The van der Waals surface area contributed by atoms with E-state index in [9.17, 15) is 0 Å². The number of anilines is 3. The summed E-state index contributed by atoms with van der Waals surface area (Å²) in [6, 6.07) is 67.6. The van der Waals surface area contributed by atoms with Crippen LogP contribution in [0.3, 0.4) is 0 Å². The summed E-state index contributed by atoms with van der Waals surface area (Å²) in [6.07, 6.45) is 0. The highest BCUT2D eigenvalue weighted by atomic mass is 15.1. The number of para-hydroxylation sites is 1. The molecule has 8 aromatic rings. The van der Waals surface area contributed by atoms with Gasteiger partial charge in [0.05, 0.1) is 0 Å². The van der Waals surface area contributed by atoms with Gasteiger partial charge in [0.25, 0.3) is 0 Å². The van der Waals surface area contributed by atoms with Crippen LogP contribution in [-0.4, -0.2) is 0 Å². The minimum atomic E-state index is 1.11. The second-order valence-electron chi connectivity index (χ2n) is 11.4. The van der Waals surface area contributed by atoms with Gasteiger partial charge in [-0.2, -0.15) is 0 Å². The predicted octanol–water partition coefficient (Wildman–Crippen LogP) is 12.5. The molecule has 0 bridgehead atoms. The van der Waals surface area contributed by atoms with Gasteiger partial charge in [0.2, 0.25) is 0 Å². The molecule has 8 rings (SSSR count). The predicted molar refractivity (Wildman–Crippen MR) is 192 cm³/mol. The number of nitrogens with zero attached hydrogens (tertiary/aromatic N) is 1. The zero-order valence-electron chi connectivity index (χ0n) is 24.8. The maximum absolute atomic E-state index is 2.36. The van der Waals surface area contributed by atoms with Crippen LogP contribution in [0.2, 0.25) is 0 Å². The van der Waals surface area contributed by atoms with Crippen LogP contribution in [0.4, 0.5) is 17.1 Å². The molecule has 0 unspecified atom stereocenters. The molecular weight excluding hydrogens is 542 g/mol. The van der Waals surface area contributed by atoms with Crippen molar-refractivity contribution >= 4 is 38.6 Å². The minimum Gasteiger partial charge on any atom is -0.310 e. The Kier molecular flexibility index (Phi) is 6.90. The maximum atomic E-state index is 2.36. The monoisotopic (exact) mass is 573 g/mol. The second-order valence-corrected chi connectivity index (χ2v) is 11.4. The van der Waals surface area contributed by atoms with Gasteiger partial charge in [-0.3, -0.25) is 0 Å². The van der Waals surface area contributed by atoms with Gasteiger partial charge in [-0.25, -0.2) is 0 Å². The van der Waals surface area contributed by atoms with Crippen molar-refractivity contribution in [2.45, 2.75) is 0 Å². The molecule has 0 saturated carbocycles. The lowest BCUT2D eigenvalue weighted by atomic mass is 9.88. The highest BCUT2D eigenvalue weighted by Crippen LogP contribution is 2.43.